The van der Waals surface area contributed by atoms with E-state index in [4.69, 9.17) is 4.42 Å². The van der Waals surface area contributed by atoms with Crippen LogP contribution in [-0.2, 0) is 0 Å². The van der Waals surface area contributed by atoms with Gasteiger partial charge >= 0.3 is 0 Å². The van der Waals surface area contributed by atoms with Gasteiger partial charge in [-0.2, -0.15) is 5.10 Å². The van der Waals surface area contributed by atoms with E-state index >= 15 is 0 Å². The van der Waals surface area contributed by atoms with Crippen molar-refractivity contribution in [3.05, 3.63) is 76.0 Å². The van der Waals surface area contributed by atoms with Crippen molar-refractivity contribution in [2.45, 2.75) is 6.92 Å². The molecule has 2 N–H and O–H groups in total. The topological polar surface area (TPSA) is 109 Å². The number of fused-ring (bicyclic) bond motifs is 1. The summed E-state index contributed by atoms with van der Waals surface area (Å²) in [6.45, 7) is 1.81. The number of H-pyrrole nitrogens is 1. The lowest BCUT2D eigenvalue weighted by Crippen LogP contribution is -1.92. The van der Waals surface area contributed by atoms with Crippen molar-refractivity contribution in [2.24, 2.45) is 5.10 Å². The number of hydrogen-bond acceptors (Lipinski definition) is 6. The molecule has 2 heterocycles. The predicted molar refractivity (Wildman–Crippen MR) is 103 cm³/mol. The number of nitrogens with zero attached hydrogens (tertiary/aromatic N) is 3. The molecule has 27 heavy (non-hydrogen) atoms. The first kappa shape index (κ1) is 16.5. The number of imidazole rings is 1. The van der Waals surface area contributed by atoms with Gasteiger partial charge in [-0.3, -0.25) is 10.1 Å². The third-order valence-electron chi connectivity index (χ3n) is 3.99. The molecule has 4 aromatic rings. The molecule has 8 nitrogen and oxygen atoms in total. The maximum absolute atomic E-state index is 11.3. The van der Waals surface area contributed by atoms with Crippen LogP contribution in [0.3, 0.4) is 0 Å². The zero-order chi connectivity index (χ0) is 18.8. The minimum Gasteiger partial charge on any atom is -0.455 e. The molecule has 0 saturated carbocycles. The third-order valence-corrected chi connectivity index (χ3v) is 3.99. The third kappa shape index (κ3) is 3.40. The van der Waals surface area contributed by atoms with Crippen LogP contribution in [0.1, 0.15) is 11.3 Å². The van der Waals surface area contributed by atoms with Crippen molar-refractivity contribution in [2.75, 3.05) is 5.43 Å². The number of nitro groups is 1. The SMILES string of the molecule is Cc1ccc(-c2ccc(/C=N\Nc3nc4ccccc4[nH]3)o2)c([N+](=O)[O-])c1. The summed E-state index contributed by atoms with van der Waals surface area (Å²) in [4.78, 5) is 18.3. The van der Waals surface area contributed by atoms with Crippen molar-refractivity contribution < 1.29 is 9.34 Å². The fourth-order valence-electron chi connectivity index (χ4n) is 2.73. The summed E-state index contributed by atoms with van der Waals surface area (Å²) in [5, 5.41) is 15.4. The van der Waals surface area contributed by atoms with Gasteiger partial charge in [0.1, 0.15) is 11.5 Å². The lowest BCUT2D eigenvalue weighted by atomic mass is 10.1. The number of aromatic amines is 1. The zero-order valence-corrected chi connectivity index (χ0v) is 14.3. The van der Waals surface area contributed by atoms with Crippen molar-refractivity contribution in [1.29, 1.82) is 0 Å². The van der Waals surface area contributed by atoms with Gasteiger partial charge in [0.2, 0.25) is 5.95 Å². The standard InChI is InChI=1S/C19H15N5O3/c1-12-6-8-14(17(10-12)24(25)26)18-9-7-13(27-18)11-20-23-19-21-15-4-2-3-5-16(15)22-19/h2-11H,1H3,(H2,21,22,23)/b20-11-. The molecule has 2 aromatic heterocycles. The molecule has 0 aliphatic rings. The molecule has 0 bridgehead atoms. The Labute approximate surface area is 153 Å². The Morgan fingerprint density at radius 3 is 2.89 bits per heavy atom. The van der Waals surface area contributed by atoms with Crippen LogP contribution in [0.25, 0.3) is 22.4 Å². The minimum atomic E-state index is -0.415. The van der Waals surface area contributed by atoms with Crippen LogP contribution in [0.5, 0.6) is 0 Å². The molecule has 2 aromatic carbocycles. The number of benzene rings is 2. The van der Waals surface area contributed by atoms with Crippen molar-refractivity contribution >= 4 is 28.9 Å². The quantitative estimate of drug-likeness (QED) is 0.309. The van der Waals surface area contributed by atoms with E-state index in [0.29, 0.717) is 23.0 Å². The Morgan fingerprint density at radius 1 is 1.22 bits per heavy atom. The number of para-hydroxylation sites is 2. The van der Waals surface area contributed by atoms with Gasteiger partial charge in [-0.05, 0) is 42.8 Å². The van der Waals surface area contributed by atoms with Crippen LogP contribution in [0.2, 0.25) is 0 Å². The number of nitrogens with one attached hydrogen (secondary N) is 2. The predicted octanol–water partition coefficient (Wildman–Crippen LogP) is 4.49. The molecule has 0 radical (unpaired) electrons. The van der Waals surface area contributed by atoms with E-state index in [-0.39, 0.29) is 5.69 Å². The summed E-state index contributed by atoms with van der Waals surface area (Å²) in [6.07, 6.45) is 1.48. The number of anilines is 1. The molecule has 8 heteroatoms. The van der Waals surface area contributed by atoms with Gasteiger partial charge in [-0.15, -0.1) is 0 Å². The monoisotopic (exact) mass is 361 g/mol. The lowest BCUT2D eigenvalue weighted by molar-refractivity contribution is -0.384. The highest BCUT2D eigenvalue weighted by atomic mass is 16.6. The van der Waals surface area contributed by atoms with Crippen LogP contribution >= 0.6 is 0 Å². The summed E-state index contributed by atoms with van der Waals surface area (Å²) in [7, 11) is 0. The Morgan fingerprint density at radius 2 is 2.07 bits per heavy atom. The first-order valence-corrected chi connectivity index (χ1v) is 8.19. The number of nitro benzene ring substituents is 1. The van der Waals surface area contributed by atoms with Crippen LogP contribution in [0, 0.1) is 17.0 Å². The van der Waals surface area contributed by atoms with Crippen molar-refractivity contribution in [1.82, 2.24) is 9.97 Å². The summed E-state index contributed by atoms with van der Waals surface area (Å²) in [6, 6.07) is 16.0. The second-order valence-corrected chi connectivity index (χ2v) is 5.95. The van der Waals surface area contributed by atoms with Crippen LogP contribution in [0.15, 0.2) is 64.1 Å². The first-order valence-electron chi connectivity index (χ1n) is 8.19. The number of aryl methyl sites for hydroxylation is 1. The molecule has 0 fully saturated rings. The Balaban J connectivity index is 1.53. The Kier molecular flexibility index (Phi) is 4.13. The lowest BCUT2D eigenvalue weighted by Gasteiger charge is -2.01. The number of hydrazone groups is 1. The Bertz CT molecular complexity index is 1130. The molecule has 0 saturated heterocycles. The number of rotatable bonds is 5. The molecule has 0 atom stereocenters. The largest absolute Gasteiger partial charge is 0.455 e. The number of furan rings is 1. The maximum Gasteiger partial charge on any atom is 0.280 e. The van der Waals surface area contributed by atoms with E-state index in [9.17, 15) is 10.1 Å². The second-order valence-electron chi connectivity index (χ2n) is 5.95. The van der Waals surface area contributed by atoms with Crippen molar-refractivity contribution in [3.63, 3.8) is 0 Å². The van der Waals surface area contributed by atoms with Gasteiger partial charge in [-0.25, -0.2) is 10.4 Å². The summed E-state index contributed by atoms with van der Waals surface area (Å²) >= 11 is 0. The highest BCUT2D eigenvalue weighted by Gasteiger charge is 2.18. The summed E-state index contributed by atoms with van der Waals surface area (Å²) in [5.74, 6) is 1.38. The molecule has 0 amide bonds. The van der Waals surface area contributed by atoms with Crippen LogP contribution in [0.4, 0.5) is 11.6 Å². The highest BCUT2D eigenvalue weighted by Crippen LogP contribution is 2.31. The van der Waals surface area contributed by atoms with E-state index in [2.05, 4.69) is 20.5 Å². The summed E-state index contributed by atoms with van der Waals surface area (Å²) in [5.41, 5.74) is 5.79. The van der Waals surface area contributed by atoms with Gasteiger partial charge in [0.15, 0.2) is 0 Å². The molecule has 0 aliphatic heterocycles. The molecule has 4 rings (SSSR count). The molecule has 0 aliphatic carbocycles. The van der Waals surface area contributed by atoms with E-state index in [1.54, 1.807) is 25.1 Å². The average Bonchev–Trinajstić information content (AvgIpc) is 3.28. The molecular formula is C19H15N5O3. The fraction of sp³-hybridized carbons (Fsp3) is 0.0526. The van der Waals surface area contributed by atoms with Gasteiger partial charge in [0.25, 0.3) is 5.69 Å². The average molecular weight is 361 g/mol. The molecule has 134 valence electrons. The van der Waals surface area contributed by atoms with Gasteiger partial charge in [-0.1, -0.05) is 18.2 Å². The van der Waals surface area contributed by atoms with Crippen molar-refractivity contribution in [3.8, 4) is 11.3 Å². The fourth-order valence-corrected chi connectivity index (χ4v) is 2.73. The first-order chi connectivity index (χ1) is 13.1. The van der Waals surface area contributed by atoms with E-state index in [1.807, 2.05) is 30.3 Å². The van der Waals surface area contributed by atoms with Gasteiger partial charge < -0.3 is 9.40 Å². The second kappa shape index (κ2) is 6.75. The smallest absolute Gasteiger partial charge is 0.280 e. The van der Waals surface area contributed by atoms with E-state index in [0.717, 1.165) is 16.6 Å². The molecule has 0 spiro atoms. The molecular weight excluding hydrogens is 346 g/mol. The van der Waals surface area contributed by atoms with Gasteiger partial charge in [0.05, 0.1) is 27.7 Å². The number of aromatic nitrogens is 2. The maximum atomic E-state index is 11.3. The molecule has 0 unspecified atom stereocenters. The van der Waals surface area contributed by atoms with Crippen LogP contribution in [-0.4, -0.2) is 21.1 Å². The van der Waals surface area contributed by atoms with Crippen LogP contribution < -0.4 is 5.43 Å². The summed E-state index contributed by atoms with van der Waals surface area (Å²) < 4.78 is 5.67. The van der Waals surface area contributed by atoms with Gasteiger partial charge in [0, 0.05) is 6.07 Å². The Hall–Kier alpha value is -3.94. The number of hydrogen-bond donors (Lipinski definition) is 2. The van der Waals surface area contributed by atoms with E-state index < -0.39 is 4.92 Å². The normalized spacial score (nSPS) is 11.3. The highest BCUT2D eigenvalue weighted by molar-refractivity contribution is 5.80. The minimum absolute atomic E-state index is 0.00763. The zero-order valence-electron chi connectivity index (χ0n) is 14.3. The van der Waals surface area contributed by atoms with E-state index in [1.165, 1.54) is 12.3 Å².